The van der Waals surface area contributed by atoms with Crippen LogP contribution in [0.2, 0.25) is 0 Å². The van der Waals surface area contributed by atoms with Crippen LogP contribution < -0.4 is 5.32 Å². The topological polar surface area (TPSA) is 228 Å². The van der Waals surface area contributed by atoms with Gasteiger partial charge in [-0.15, -0.1) is 0 Å². The summed E-state index contributed by atoms with van der Waals surface area (Å²) in [5, 5.41) is 86.9. The van der Waals surface area contributed by atoms with Gasteiger partial charge in [-0.05, 0) is 57.8 Å². The number of hydrogen-bond acceptors (Lipinski definition) is 13. The van der Waals surface area contributed by atoms with Crippen molar-refractivity contribution < 1.29 is 64.6 Å². The summed E-state index contributed by atoms with van der Waals surface area (Å²) in [6.45, 7) is 2.71. The Morgan fingerprint density at radius 1 is 0.500 bits per heavy atom. The molecule has 0 bridgehead atoms. The molecule has 2 saturated heterocycles. The molecule has 14 heteroatoms. The SMILES string of the molecule is CC/C=C\C/C=C\C/C=C\C/C=C\C/C=C\CCCCCCCCCCCCCCCCCC(=O)NC(COC1OC(CO)C(OC2OC(CO)C(O)C(O)C2O)C(O)C1O)C(O)CCCCCCCCCCC. The number of allylic oxidation sites excluding steroid dienone is 10. The molecule has 12 unspecified atom stereocenters. The highest BCUT2D eigenvalue weighted by Crippen LogP contribution is 2.30. The van der Waals surface area contributed by atoms with Crippen LogP contribution in [-0.2, 0) is 23.7 Å². The Kier molecular flexibility index (Phi) is 41.9. The number of aliphatic hydroxyl groups is 8. The molecular formula is C60H107NO13. The van der Waals surface area contributed by atoms with Crippen molar-refractivity contribution in [1.82, 2.24) is 5.32 Å². The predicted octanol–water partition coefficient (Wildman–Crippen LogP) is 9.78. The zero-order valence-electron chi connectivity index (χ0n) is 46.1. The molecule has 0 aromatic carbocycles. The lowest BCUT2D eigenvalue weighted by molar-refractivity contribution is -0.359. The summed E-state index contributed by atoms with van der Waals surface area (Å²) in [7, 11) is 0. The van der Waals surface area contributed by atoms with E-state index < -0.39 is 86.8 Å². The molecule has 12 atom stereocenters. The molecule has 0 aromatic heterocycles. The van der Waals surface area contributed by atoms with E-state index in [1.165, 1.54) is 109 Å². The molecular weight excluding hydrogens is 943 g/mol. The molecule has 2 aliphatic rings. The van der Waals surface area contributed by atoms with Gasteiger partial charge in [0, 0.05) is 6.42 Å². The predicted molar refractivity (Wildman–Crippen MR) is 295 cm³/mol. The van der Waals surface area contributed by atoms with Gasteiger partial charge in [-0.3, -0.25) is 4.79 Å². The normalized spacial score (nSPS) is 25.6. The molecule has 0 radical (unpaired) electrons. The van der Waals surface area contributed by atoms with Crippen molar-refractivity contribution in [3.63, 3.8) is 0 Å². The summed E-state index contributed by atoms with van der Waals surface area (Å²) >= 11 is 0. The Hall–Kier alpha value is -2.31. The van der Waals surface area contributed by atoms with E-state index >= 15 is 0 Å². The number of unbranched alkanes of at least 4 members (excludes halogenated alkanes) is 23. The second-order valence-corrected chi connectivity index (χ2v) is 20.7. The van der Waals surface area contributed by atoms with Gasteiger partial charge < -0.3 is 65.1 Å². The van der Waals surface area contributed by atoms with Crippen molar-refractivity contribution in [2.24, 2.45) is 0 Å². The molecule has 2 heterocycles. The van der Waals surface area contributed by atoms with Crippen molar-refractivity contribution in [3.05, 3.63) is 60.8 Å². The maximum absolute atomic E-state index is 13.2. The Labute approximate surface area is 447 Å². The van der Waals surface area contributed by atoms with E-state index in [1.54, 1.807) is 0 Å². The van der Waals surface area contributed by atoms with E-state index in [1.807, 2.05) is 0 Å². The minimum absolute atomic E-state index is 0.211. The van der Waals surface area contributed by atoms with Gasteiger partial charge >= 0.3 is 0 Å². The summed E-state index contributed by atoms with van der Waals surface area (Å²) in [6.07, 6.45) is 41.1. The fourth-order valence-corrected chi connectivity index (χ4v) is 9.50. The average molecular weight is 1050 g/mol. The van der Waals surface area contributed by atoms with E-state index in [9.17, 15) is 45.6 Å². The van der Waals surface area contributed by atoms with Crippen molar-refractivity contribution in [3.8, 4) is 0 Å². The molecule has 430 valence electrons. The lowest BCUT2D eigenvalue weighted by atomic mass is 9.97. The molecule has 0 saturated carbocycles. The van der Waals surface area contributed by atoms with Crippen LogP contribution in [0, 0.1) is 0 Å². The molecule has 2 fully saturated rings. The standard InChI is InChI=1S/C60H107NO13/c1-3-5-7-9-11-13-14-15-16-17-18-19-20-21-22-23-24-25-26-27-28-29-30-31-32-33-34-36-38-40-42-44-52(65)61-48(49(64)43-41-39-37-35-12-10-8-6-4-2)47-71-59-57(70)55(68)58(51(46-63)73-59)74-60-56(69)54(67)53(66)50(45-62)72-60/h5,7,11,13,15-16,18-19,21-22,48-51,53-60,62-64,66-70H,3-4,6,8-10,12,14,17,20,23-47H2,1-2H3,(H,61,65)/b7-5-,13-11-,16-15-,19-18-,22-21-. The Bertz CT molecular complexity index is 1470. The second kappa shape index (κ2) is 45.7. The average Bonchev–Trinajstić information content (AvgIpc) is 3.40. The maximum atomic E-state index is 13.2. The van der Waals surface area contributed by atoms with Crippen molar-refractivity contribution in [1.29, 1.82) is 0 Å². The van der Waals surface area contributed by atoms with Crippen molar-refractivity contribution in [2.75, 3.05) is 19.8 Å². The van der Waals surface area contributed by atoms with Gasteiger partial charge in [0.1, 0.15) is 48.8 Å². The van der Waals surface area contributed by atoms with Crippen LogP contribution in [0.25, 0.3) is 0 Å². The molecule has 0 aromatic rings. The number of hydrogen-bond donors (Lipinski definition) is 9. The summed E-state index contributed by atoms with van der Waals surface area (Å²) in [6, 6.07) is -0.828. The number of ether oxygens (including phenoxy) is 4. The molecule has 2 rings (SSSR count). The van der Waals surface area contributed by atoms with Crippen molar-refractivity contribution >= 4 is 5.91 Å². The first-order chi connectivity index (χ1) is 36.1. The first-order valence-electron chi connectivity index (χ1n) is 29.5. The number of amides is 1. The van der Waals surface area contributed by atoms with Gasteiger partial charge in [0.05, 0.1) is 32.0 Å². The number of carbonyl (C=O) groups is 1. The molecule has 14 nitrogen and oxygen atoms in total. The highest BCUT2D eigenvalue weighted by atomic mass is 16.7. The van der Waals surface area contributed by atoms with E-state index in [0.29, 0.717) is 12.8 Å². The van der Waals surface area contributed by atoms with E-state index in [4.69, 9.17) is 18.9 Å². The zero-order valence-corrected chi connectivity index (χ0v) is 46.1. The number of rotatable bonds is 46. The maximum Gasteiger partial charge on any atom is 0.220 e. The molecule has 74 heavy (non-hydrogen) atoms. The number of aliphatic hydroxyl groups excluding tert-OH is 8. The smallest absolute Gasteiger partial charge is 0.220 e. The molecule has 1 amide bonds. The van der Waals surface area contributed by atoms with E-state index in [-0.39, 0.29) is 12.5 Å². The van der Waals surface area contributed by atoms with Crippen LogP contribution in [-0.4, -0.2) is 140 Å². The van der Waals surface area contributed by atoms with Crippen LogP contribution in [0.3, 0.4) is 0 Å². The minimum Gasteiger partial charge on any atom is -0.394 e. The Morgan fingerprint density at radius 2 is 0.932 bits per heavy atom. The van der Waals surface area contributed by atoms with Gasteiger partial charge in [0.25, 0.3) is 0 Å². The summed E-state index contributed by atoms with van der Waals surface area (Å²) in [5.74, 6) is -0.211. The van der Waals surface area contributed by atoms with Crippen LogP contribution >= 0.6 is 0 Å². The third kappa shape index (κ3) is 31.2. The highest BCUT2D eigenvalue weighted by molar-refractivity contribution is 5.76. The summed E-state index contributed by atoms with van der Waals surface area (Å²) < 4.78 is 22.8. The van der Waals surface area contributed by atoms with E-state index in [0.717, 1.165) is 83.5 Å². The molecule has 2 aliphatic heterocycles. The third-order valence-electron chi connectivity index (χ3n) is 14.2. The Balaban J connectivity index is 1.62. The minimum atomic E-state index is -1.78. The summed E-state index contributed by atoms with van der Waals surface area (Å²) in [5.41, 5.74) is 0. The summed E-state index contributed by atoms with van der Waals surface area (Å²) in [4.78, 5) is 13.2. The van der Waals surface area contributed by atoms with Crippen LogP contribution in [0.15, 0.2) is 60.8 Å². The highest BCUT2D eigenvalue weighted by Gasteiger charge is 2.51. The lowest BCUT2D eigenvalue weighted by Gasteiger charge is -2.46. The van der Waals surface area contributed by atoms with Crippen LogP contribution in [0.5, 0.6) is 0 Å². The zero-order chi connectivity index (χ0) is 53.9. The number of carbonyl (C=O) groups excluding carboxylic acids is 1. The van der Waals surface area contributed by atoms with Gasteiger partial charge in [-0.2, -0.15) is 0 Å². The first kappa shape index (κ1) is 67.8. The first-order valence-corrected chi connectivity index (χ1v) is 29.5. The number of nitrogens with one attached hydrogen (secondary N) is 1. The Morgan fingerprint density at radius 3 is 1.43 bits per heavy atom. The second-order valence-electron chi connectivity index (χ2n) is 20.7. The van der Waals surface area contributed by atoms with Gasteiger partial charge in [-0.25, -0.2) is 0 Å². The fourth-order valence-electron chi connectivity index (χ4n) is 9.50. The molecule has 0 spiro atoms. The van der Waals surface area contributed by atoms with Gasteiger partial charge in [0.15, 0.2) is 12.6 Å². The van der Waals surface area contributed by atoms with Crippen LogP contribution in [0.1, 0.15) is 219 Å². The van der Waals surface area contributed by atoms with Crippen molar-refractivity contribution in [2.45, 2.75) is 293 Å². The molecule has 9 N–H and O–H groups in total. The monoisotopic (exact) mass is 1050 g/mol. The van der Waals surface area contributed by atoms with E-state index in [2.05, 4.69) is 79.9 Å². The quantitative estimate of drug-likeness (QED) is 0.0205. The van der Waals surface area contributed by atoms with Crippen LogP contribution in [0.4, 0.5) is 0 Å². The fraction of sp³-hybridized carbons (Fsp3) is 0.817. The third-order valence-corrected chi connectivity index (χ3v) is 14.2. The molecule has 0 aliphatic carbocycles. The van der Waals surface area contributed by atoms with Gasteiger partial charge in [0.2, 0.25) is 5.91 Å². The van der Waals surface area contributed by atoms with Gasteiger partial charge in [-0.1, -0.05) is 216 Å². The largest absolute Gasteiger partial charge is 0.394 e. The lowest BCUT2D eigenvalue weighted by Crippen LogP contribution is -2.65.